The first kappa shape index (κ1) is 13.6. The molecule has 2 heteroatoms. The van der Waals surface area contributed by atoms with Gasteiger partial charge in [0, 0.05) is 13.0 Å². The summed E-state index contributed by atoms with van der Waals surface area (Å²) in [4.78, 5) is 2.16. The molecule has 0 spiro atoms. The SMILES string of the molecule is CN(C)C[C@@H](Cc1ccccc1)Oc1ccccc1. The fraction of sp³-hybridized carbons (Fsp3) is 0.294. The number of hydrogen-bond acceptors (Lipinski definition) is 2. The quantitative estimate of drug-likeness (QED) is 0.785. The van der Waals surface area contributed by atoms with E-state index in [1.165, 1.54) is 5.56 Å². The molecule has 2 aromatic rings. The van der Waals surface area contributed by atoms with Gasteiger partial charge in [0.1, 0.15) is 11.9 Å². The molecule has 0 radical (unpaired) electrons. The van der Waals surface area contributed by atoms with Crippen LogP contribution in [-0.2, 0) is 6.42 Å². The predicted octanol–water partition coefficient (Wildman–Crippen LogP) is 3.24. The highest BCUT2D eigenvalue weighted by Crippen LogP contribution is 2.14. The molecule has 100 valence electrons. The Morgan fingerprint density at radius 2 is 1.47 bits per heavy atom. The van der Waals surface area contributed by atoms with Crippen LogP contribution in [0.15, 0.2) is 60.7 Å². The zero-order valence-corrected chi connectivity index (χ0v) is 11.6. The average Bonchev–Trinajstić information content (AvgIpc) is 2.40. The van der Waals surface area contributed by atoms with Crippen LogP contribution in [0.5, 0.6) is 5.75 Å². The molecule has 19 heavy (non-hydrogen) atoms. The Morgan fingerprint density at radius 3 is 2.05 bits per heavy atom. The summed E-state index contributed by atoms with van der Waals surface area (Å²) in [7, 11) is 4.15. The van der Waals surface area contributed by atoms with Gasteiger partial charge in [0.05, 0.1) is 0 Å². The molecule has 2 rings (SSSR count). The predicted molar refractivity (Wildman–Crippen MR) is 79.6 cm³/mol. The van der Waals surface area contributed by atoms with E-state index in [9.17, 15) is 0 Å². The minimum atomic E-state index is 0.166. The molecule has 0 amide bonds. The Kier molecular flexibility index (Phi) is 4.99. The number of hydrogen-bond donors (Lipinski definition) is 0. The van der Waals surface area contributed by atoms with Gasteiger partial charge in [-0.15, -0.1) is 0 Å². The first-order chi connectivity index (χ1) is 9.24. The molecule has 0 heterocycles. The van der Waals surface area contributed by atoms with E-state index in [2.05, 4.69) is 43.3 Å². The number of para-hydroxylation sites is 1. The van der Waals surface area contributed by atoms with Gasteiger partial charge in [-0.1, -0.05) is 48.5 Å². The Labute approximate surface area is 115 Å². The maximum atomic E-state index is 6.09. The molecule has 0 saturated carbocycles. The van der Waals surface area contributed by atoms with Crippen molar-refractivity contribution in [3.05, 3.63) is 66.2 Å². The van der Waals surface area contributed by atoms with E-state index in [1.807, 2.05) is 36.4 Å². The van der Waals surface area contributed by atoms with Crippen molar-refractivity contribution in [1.29, 1.82) is 0 Å². The summed E-state index contributed by atoms with van der Waals surface area (Å²) in [5.74, 6) is 0.935. The molecule has 2 aromatic carbocycles. The van der Waals surface area contributed by atoms with Crippen molar-refractivity contribution < 1.29 is 4.74 Å². The average molecular weight is 255 g/mol. The van der Waals surface area contributed by atoms with E-state index in [0.29, 0.717) is 0 Å². The number of nitrogens with zero attached hydrogens (tertiary/aromatic N) is 1. The van der Waals surface area contributed by atoms with Gasteiger partial charge in [-0.2, -0.15) is 0 Å². The Morgan fingerprint density at radius 1 is 0.895 bits per heavy atom. The van der Waals surface area contributed by atoms with Crippen molar-refractivity contribution in [3.8, 4) is 5.75 Å². The smallest absolute Gasteiger partial charge is 0.119 e. The van der Waals surface area contributed by atoms with Gasteiger partial charge in [0.25, 0.3) is 0 Å². The van der Waals surface area contributed by atoms with Crippen LogP contribution < -0.4 is 4.74 Å². The summed E-state index contributed by atoms with van der Waals surface area (Å²) in [6.45, 7) is 0.907. The lowest BCUT2D eigenvalue weighted by Gasteiger charge is -2.22. The Balaban J connectivity index is 2.03. The van der Waals surface area contributed by atoms with Gasteiger partial charge in [-0.3, -0.25) is 0 Å². The lowest BCUT2D eigenvalue weighted by Crippen LogP contribution is -2.32. The number of rotatable bonds is 6. The van der Waals surface area contributed by atoms with Crippen LogP contribution in [0, 0.1) is 0 Å². The van der Waals surface area contributed by atoms with Crippen LogP contribution in [0.3, 0.4) is 0 Å². The van der Waals surface area contributed by atoms with Crippen molar-refractivity contribution in [2.75, 3.05) is 20.6 Å². The van der Waals surface area contributed by atoms with Gasteiger partial charge in [0.2, 0.25) is 0 Å². The van der Waals surface area contributed by atoms with E-state index in [0.717, 1.165) is 18.7 Å². The van der Waals surface area contributed by atoms with E-state index in [1.54, 1.807) is 0 Å². The number of benzene rings is 2. The maximum Gasteiger partial charge on any atom is 0.119 e. The molecule has 0 saturated heterocycles. The van der Waals surface area contributed by atoms with Crippen molar-refractivity contribution in [2.45, 2.75) is 12.5 Å². The molecular weight excluding hydrogens is 234 g/mol. The molecule has 0 aliphatic carbocycles. The summed E-state index contributed by atoms with van der Waals surface area (Å²) in [6.07, 6.45) is 1.09. The van der Waals surface area contributed by atoms with Crippen LogP contribution in [0.2, 0.25) is 0 Å². The second kappa shape index (κ2) is 6.95. The molecule has 0 N–H and O–H groups in total. The molecule has 0 aliphatic heterocycles. The molecule has 0 aliphatic rings. The zero-order valence-electron chi connectivity index (χ0n) is 11.6. The topological polar surface area (TPSA) is 12.5 Å². The summed E-state index contributed by atoms with van der Waals surface area (Å²) >= 11 is 0. The van der Waals surface area contributed by atoms with Gasteiger partial charge in [0.15, 0.2) is 0 Å². The first-order valence-corrected chi connectivity index (χ1v) is 6.64. The Bertz CT molecular complexity index is 426. The van der Waals surface area contributed by atoms with E-state index in [4.69, 9.17) is 4.74 Å². The van der Waals surface area contributed by atoms with Crippen molar-refractivity contribution in [3.63, 3.8) is 0 Å². The van der Waals surface area contributed by atoms with Crippen LogP contribution in [0.4, 0.5) is 0 Å². The zero-order chi connectivity index (χ0) is 13.5. The van der Waals surface area contributed by atoms with E-state index < -0.39 is 0 Å². The molecule has 0 aromatic heterocycles. The van der Waals surface area contributed by atoms with Crippen LogP contribution >= 0.6 is 0 Å². The fourth-order valence-electron chi connectivity index (χ4n) is 2.12. The third-order valence-corrected chi connectivity index (χ3v) is 2.92. The molecule has 0 bridgehead atoms. The normalized spacial score (nSPS) is 12.4. The van der Waals surface area contributed by atoms with Gasteiger partial charge in [-0.25, -0.2) is 0 Å². The minimum Gasteiger partial charge on any atom is -0.489 e. The van der Waals surface area contributed by atoms with Crippen molar-refractivity contribution in [2.24, 2.45) is 0 Å². The van der Waals surface area contributed by atoms with Crippen molar-refractivity contribution in [1.82, 2.24) is 4.90 Å². The second-order valence-electron chi connectivity index (χ2n) is 5.00. The third kappa shape index (κ3) is 4.76. The van der Waals surface area contributed by atoms with Crippen LogP contribution in [-0.4, -0.2) is 31.6 Å². The highest BCUT2D eigenvalue weighted by Gasteiger charge is 2.12. The van der Waals surface area contributed by atoms with Gasteiger partial charge >= 0.3 is 0 Å². The van der Waals surface area contributed by atoms with Crippen LogP contribution in [0.1, 0.15) is 5.56 Å². The molecule has 1 atom stereocenters. The van der Waals surface area contributed by atoms with E-state index >= 15 is 0 Å². The molecule has 0 fully saturated rings. The monoisotopic (exact) mass is 255 g/mol. The summed E-state index contributed by atoms with van der Waals surface area (Å²) < 4.78 is 6.09. The first-order valence-electron chi connectivity index (χ1n) is 6.64. The largest absolute Gasteiger partial charge is 0.489 e. The molecule has 0 unspecified atom stereocenters. The number of likely N-dealkylation sites (N-methyl/N-ethyl adjacent to an activating group) is 1. The summed E-state index contributed by atoms with van der Waals surface area (Å²) in [6, 6.07) is 20.5. The standard InChI is InChI=1S/C17H21NO/c1-18(2)14-17(13-15-9-5-3-6-10-15)19-16-11-7-4-8-12-16/h3-12,17H,13-14H2,1-2H3/t17-/m1/s1. The molecule has 2 nitrogen and oxygen atoms in total. The third-order valence-electron chi connectivity index (χ3n) is 2.92. The maximum absolute atomic E-state index is 6.09. The van der Waals surface area contributed by atoms with Crippen molar-refractivity contribution >= 4 is 0 Å². The second-order valence-corrected chi connectivity index (χ2v) is 5.00. The Hall–Kier alpha value is -1.80. The van der Waals surface area contributed by atoms with E-state index in [-0.39, 0.29) is 6.10 Å². The minimum absolute atomic E-state index is 0.166. The van der Waals surface area contributed by atoms with Gasteiger partial charge < -0.3 is 9.64 Å². The molecular formula is C17H21NO. The van der Waals surface area contributed by atoms with Gasteiger partial charge in [-0.05, 0) is 31.8 Å². The summed E-state index contributed by atoms with van der Waals surface area (Å²) in [5, 5.41) is 0. The highest BCUT2D eigenvalue weighted by atomic mass is 16.5. The number of ether oxygens (including phenoxy) is 1. The lowest BCUT2D eigenvalue weighted by molar-refractivity contribution is 0.160. The highest BCUT2D eigenvalue weighted by molar-refractivity contribution is 5.22. The van der Waals surface area contributed by atoms with Crippen LogP contribution in [0.25, 0.3) is 0 Å². The summed E-state index contributed by atoms with van der Waals surface area (Å²) in [5.41, 5.74) is 1.31. The fourth-order valence-corrected chi connectivity index (χ4v) is 2.12. The lowest BCUT2D eigenvalue weighted by atomic mass is 10.1.